The van der Waals surface area contributed by atoms with Crippen molar-refractivity contribution in [1.29, 1.82) is 0 Å². The fourth-order valence-electron chi connectivity index (χ4n) is 9.64. The van der Waals surface area contributed by atoms with Crippen LogP contribution < -0.4 is 20.0 Å². The highest BCUT2D eigenvalue weighted by molar-refractivity contribution is 6.07. The molecular weight excluding hydrogens is 603 g/mol. The fraction of sp³-hybridized carbons (Fsp3) is 0.528. The molecule has 248 valence electrons. The predicted molar refractivity (Wildman–Crippen MR) is 177 cm³/mol. The summed E-state index contributed by atoms with van der Waals surface area (Å²) in [5.74, 6) is 2.47. The van der Waals surface area contributed by atoms with Gasteiger partial charge in [-0.2, -0.15) is 18.2 Å². The van der Waals surface area contributed by atoms with Crippen molar-refractivity contribution in [1.82, 2.24) is 14.9 Å². The normalized spacial score (nSPS) is 27.4. The van der Waals surface area contributed by atoms with E-state index >= 15 is 0 Å². The number of amides is 2. The minimum absolute atomic E-state index is 0.0238. The Kier molecular flexibility index (Phi) is 7.20. The highest BCUT2D eigenvalue weighted by atomic mass is 19.4. The molecule has 0 unspecified atom stereocenters. The molecule has 0 radical (unpaired) electrons. The van der Waals surface area contributed by atoms with E-state index in [4.69, 9.17) is 4.98 Å². The van der Waals surface area contributed by atoms with Gasteiger partial charge >= 0.3 is 12.2 Å². The minimum atomic E-state index is -4.61. The third-order valence-corrected chi connectivity index (χ3v) is 11.3. The molecule has 47 heavy (non-hydrogen) atoms. The molecule has 9 rings (SSSR count). The summed E-state index contributed by atoms with van der Waals surface area (Å²) < 4.78 is 43.5. The van der Waals surface area contributed by atoms with Crippen LogP contribution in [0.3, 0.4) is 0 Å². The summed E-state index contributed by atoms with van der Waals surface area (Å²) in [7, 11) is 2.14. The van der Waals surface area contributed by atoms with Crippen LogP contribution in [0.5, 0.6) is 0 Å². The molecule has 6 aliphatic rings. The summed E-state index contributed by atoms with van der Waals surface area (Å²) in [5, 5.41) is 3.34. The number of rotatable bonds is 5. The number of urea groups is 1. The Balaban J connectivity index is 1.17. The van der Waals surface area contributed by atoms with E-state index in [1.54, 1.807) is 31.0 Å². The number of piperazine rings is 1. The zero-order valence-corrected chi connectivity index (χ0v) is 27.3. The van der Waals surface area contributed by atoms with Crippen molar-refractivity contribution in [3.8, 4) is 0 Å². The van der Waals surface area contributed by atoms with Crippen LogP contribution in [-0.2, 0) is 12.7 Å². The summed E-state index contributed by atoms with van der Waals surface area (Å²) in [5.41, 5.74) is 2.27. The highest BCUT2D eigenvalue weighted by Crippen LogP contribution is 2.59. The van der Waals surface area contributed by atoms with Gasteiger partial charge in [0.15, 0.2) is 0 Å². The number of hydrogen-bond acceptors (Lipinski definition) is 6. The molecule has 2 aliphatic heterocycles. The van der Waals surface area contributed by atoms with Gasteiger partial charge in [0.2, 0.25) is 5.95 Å². The molecule has 1 saturated heterocycles. The molecule has 0 atom stereocenters. The molecule has 3 heterocycles. The van der Waals surface area contributed by atoms with Gasteiger partial charge in [-0.05, 0) is 113 Å². The number of nitrogens with one attached hydrogen (secondary N) is 1. The summed E-state index contributed by atoms with van der Waals surface area (Å²) in [6.07, 6.45) is 3.18. The van der Waals surface area contributed by atoms with E-state index in [1.807, 2.05) is 12.1 Å². The van der Waals surface area contributed by atoms with Gasteiger partial charge in [-0.1, -0.05) is 11.6 Å². The van der Waals surface area contributed by atoms with Crippen LogP contribution in [0, 0.1) is 31.6 Å². The van der Waals surface area contributed by atoms with Crippen molar-refractivity contribution >= 4 is 34.9 Å². The van der Waals surface area contributed by atoms with Crippen LogP contribution in [-0.4, -0.2) is 59.7 Å². The first-order valence-electron chi connectivity index (χ1n) is 16.9. The van der Waals surface area contributed by atoms with Gasteiger partial charge in [0, 0.05) is 49.3 Å². The number of nitrogens with zero attached hydrogens (tertiary/aromatic N) is 6. The van der Waals surface area contributed by atoms with E-state index in [0.717, 1.165) is 57.2 Å². The molecule has 2 amide bonds. The Labute approximate surface area is 274 Å². The maximum Gasteiger partial charge on any atom is 0.418 e. The lowest BCUT2D eigenvalue weighted by Gasteiger charge is -2.61. The molecule has 2 aromatic carbocycles. The molecule has 1 N–H and O–H groups in total. The first-order chi connectivity index (χ1) is 22.5. The number of hydrogen-bond donors (Lipinski definition) is 1. The van der Waals surface area contributed by atoms with Crippen LogP contribution in [0.2, 0.25) is 0 Å². The van der Waals surface area contributed by atoms with E-state index in [2.05, 4.69) is 39.3 Å². The van der Waals surface area contributed by atoms with Gasteiger partial charge in [-0.25, -0.2) is 9.78 Å². The van der Waals surface area contributed by atoms with E-state index < -0.39 is 23.3 Å². The number of aryl methyl sites for hydroxylation is 2. The van der Waals surface area contributed by atoms with E-state index in [1.165, 1.54) is 29.8 Å². The van der Waals surface area contributed by atoms with E-state index in [9.17, 15) is 18.0 Å². The van der Waals surface area contributed by atoms with Crippen molar-refractivity contribution in [2.75, 3.05) is 53.2 Å². The number of likely N-dealkylation sites (N-methyl/N-ethyl adjacent to an activating group) is 1. The largest absolute Gasteiger partial charge is 0.418 e. The van der Waals surface area contributed by atoms with Gasteiger partial charge in [-0.15, -0.1) is 0 Å². The molecular formula is C36H42F3N7O. The molecule has 5 fully saturated rings. The Bertz CT molecular complexity index is 1660. The lowest BCUT2D eigenvalue weighted by Crippen LogP contribution is -2.66. The maximum absolute atomic E-state index is 14.8. The summed E-state index contributed by atoms with van der Waals surface area (Å²) in [6, 6.07) is 10.7. The lowest BCUT2D eigenvalue weighted by molar-refractivity contribution is -0.137. The van der Waals surface area contributed by atoms with Crippen molar-refractivity contribution in [2.45, 2.75) is 70.6 Å². The maximum atomic E-state index is 14.8. The number of fused-ring (bicyclic) bond motifs is 1. The number of anilines is 5. The third kappa shape index (κ3) is 5.40. The van der Waals surface area contributed by atoms with Crippen LogP contribution >= 0.6 is 0 Å². The molecule has 3 aromatic rings. The number of carbonyl (C=O) groups excluding carboxylic acids is 1. The van der Waals surface area contributed by atoms with Crippen LogP contribution in [0.4, 0.5) is 46.8 Å². The SMILES string of the molecule is Cc1cc(C)c(N2Cc3cnc(Nc4ccc(N5CCN(C)CC5)cc4)nc3N(C34CC5CC(CC(C5)C3)C4)C2=O)c(C(F)(F)F)c1. The molecule has 4 aliphatic carbocycles. The summed E-state index contributed by atoms with van der Waals surface area (Å²) in [6.45, 7) is 7.31. The Morgan fingerprint density at radius 3 is 2.17 bits per heavy atom. The Hall–Kier alpha value is -3.86. The quantitative estimate of drug-likeness (QED) is 0.310. The van der Waals surface area contributed by atoms with Gasteiger partial charge in [0.25, 0.3) is 0 Å². The zero-order valence-electron chi connectivity index (χ0n) is 27.3. The number of aromatic nitrogens is 2. The van der Waals surface area contributed by atoms with Crippen molar-refractivity contribution in [2.24, 2.45) is 17.8 Å². The second-order valence-electron chi connectivity index (χ2n) is 14.8. The van der Waals surface area contributed by atoms with Crippen LogP contribution in [0.15, 0.2) is 42.6 Å². The molecule has 0 spiro atoms. The first kappa shape index (κ1) is 30.5. The average Bonchev–Trinajstić information content (AvgIpc) is 3.00. The number of benzene rings is 2. The molecule has 4 bridgehead atoms. The highest BCUT2D eigenvalue weighted by Gasteiger charge is 2.57. The fourth-order valence-corrected chi connectivity index (χ4v) is 9.64. The van der Waals surface area contributed by atoms with Crippen molar-refractivity contribution in [3.63, 3.8) is 0 Å². The lowest BCUT2D eigenvalue weighted by atomic mass is 9.52. The topological polar surface area (TPSA) is 67.8 Å². The van der Waals surface area contributed by atoms with E-state index in [-0.39, 0.29) is 12.2 Å². The Morgan fingerprint density at radius 1 is 0.915 bits per heavy atom. The summed E-state index contributed by atoms with van der Waals surface area (Å²) >= 11 is 0. The van der Waals surface area contributed by atoms with Gasteiger partial charge in [0.1, 0.15) is 5.82 Å². The predicted octanol–water partition coefficient (Wildman–Crippen LogP) is 7.52. The van der Waals surface area contributed by atoms with Gasteiger partial charge < -0.3 is 15.1 Å². The second kappa shape index (κ2) is 11.1. The number of alkyl halides is 3. The molecule has 8 nitrogen and oxygen atoms in total. The number of carbonyl (C=O) groups is 1. The van der Waals surface area contributed by atoms with Gasteiger partial charge in [-0.3, -0.25) is 9.80 Å². The smallest absolute Gasteiger partial charge is 0.369 e. The minimum Gasteiger partial charge on any atom is -0.369 e. The van der Waals surface area contributed by atoms with Crippen LogP contribution in [0.25, 0.3) is 0 Å². The van der Waals surface area contributed by atoms with Crippen molar-refractivity contribution < 1.29 is 18.0 Å². The first-order valence-corrected chi connectivity index (χ1v) is 16.9. The number of halogens is 3. The molecule has 4 saturated carbocycles. The standard InChI is InChI=1S/C36H42F3N7O/c1-22-12-23(2)31(30(13-22)36(37,38)39)45-21-27-20-40-33(41-28-4-6-29(7-5-28)44-10-8-43(3)9-11-44)42-32(27)46(34(45)47)35-17-24-14-25(18-35)16-26(15-24)19-35/h4-7,12-13,20,24-26H,8-11,14-19,21H2,1-3H3,(H,40,41,42). The average molecular weight is 646 g/mol. The van der Waals surface area contributed by atoms with Crippen LogP contribution in [0.1, 0.15) is 60.8 Å². The van der Waals surface area contributed by atoms with Crippen molar-refractivity contribution in [3.05, 3.63) is 64.8 Å². The third-order valence-electron chi connectivity index (χ3n) is 11.3. The molecule has 1 aromatic heterocycles. The Morgan fingerprint density at radius 2 is 1.55 bits per heavy atom. The van der Waals surface area contributed by atoms with E-state index in [0.29, 0.717) is 46.2 Å². The zero-order chi connectivity index (χ0) is 32.7. The summed E-state index contributed by atoms with van der Waals surface area (Å²) in [4.78, 5) is 32.2. The monoisotopic (exact) mass is 645 g/mol. The second-order valence-corrected chi connectivity index (χ2v) is 14.8. The molecule has 11 heteroatoms. The van der Waals surface area contributed by atoms with Gasteiger partial charge in [0.05, 0.1) is 23.3 Å².